The summed E-state index contributed by atoms with van der Waals surface area (Å²) in [7, 11) is 0. The van der Waals surface area contributed by atoms with Gasteiger partial charge in [0.1, 0.15) is 12.6 Å². The van der Waals surface area contributed by atoms with E-state index in [0.29, 0.717) is 18.9 Å². The molecular weight excluding hydrogens is 290 g/mol. The zero-order chi connectivity index (χ0) is 17.1. The molecule has 1 unspecified atom stereocenters. The van der Waals surface area contributed by atoms with Crippen molar-refractivity contribution in [3.05, 3.63) is 23.3 Å². The third kappa shape index (κ3) is 3.84. The number of anilines is 2. The monoisotopic (exact) mass is 317 g/mol. The Morgan fingerprint density at radius 3 is 2.57 bits per heavy atom. The highest BCUT2D eigenvalue weighted by Gasteiger charge is 2.32. The number of benzene rings is 1. The van der Waals surface area contributed by atoms with Crippen LogP contribution >= 0.6 is 0 Å². The highest BCUT2D eigenvalue weighted by molar-refractivity contribution is 6.08. The Morgan fingerprint density at radius 1 is 1.30 bits per heavy atom. The number of amides is 2. The number of carbonyl (C=O) groups is 2. The summed E-state index contributed by atoms with van der Waals surface area (Å²) in [6.45, 7) is 10.8. The van der Waals surface area contributed by atoms with Crippen LogP contribution in [0.25, 0.3) is 0 Å². The topological polar surface area (TPSA) is 61.4 Å². The molecule has 2 N–H and O–H groups in total. The molecule has 0 fully saturated rings. The van der Waals surface area contributed by atoms with E-state index in [1.165, 1.54) is 5.56 Å². The minimum absolute atomic E-state index is 0.0389. The molecule has 0 radical (unpaired) electrons. The normalized spacial score (nSPS) is 17.0. The Balaban J connectivity index is 2.28. The standard InChI is InChI=1S/C18H27N3O2/c1-6-14-18(23)21(10-17(22)19-9-11(2)3)16-8-13(5)12(4)7-15(16)20-14/h7-8,11,14,20H,6,9-10H2,1-5H3,(H,19,22). The van der Waals surface area contributed by atoms with Crippen LogP contribution < -0.4 is 15.5 Å². The Bertz CT molecular complexity index is 611. The summed E-state index contributed by atoms with van der Waals surface area (Å²) < 4.78 is 0. The first-order valence-corrected chi connectivity index (χ1v) is 8.29. The van der Waals surface area contributed by atoms with Gasteiger partial charge < -0.3 is 10.6 Å². The van der Waals surface area contributed by atoms with Gasteiger partial charge in [0, 0.05) is 6.54 Å². The molecule has 0 saturated heterocycles. The molecule has 0 saturated carbocycles. The Labute approximate surface area is 138 Å². The van der Waals surface area contributed by atoms with E-state index in [4.69, 9.17) is 0 Å². The molecule has 1 aromatic rings. The molecule has 126 valence electrons. The molecule has 1 atom stereocenters. The van der Waals surface area contributed by atoms with Gasteiger partial charge >= 0.3 is 0 Å². The van der Waals surface area contributed by atoms with Crippen LogP contribution in [0.3, 0.4) is 0 Å². The van der Waals surface area contributed by atoms with Crippen LogP contribution in [0.2, 0.25) is 0 Å². The summed E-state index contributed by atoms with van der Waals surface area (Å²) in [6, 6.07) is 3.76. The summed E-state index contributed by atoms with van der Waals surface area (Å²) >= 11 is 0. The second-order valence-corrected chi connectivity index (χ2v) is 6.68. The largest absolute Gasteiger partial charge is 0.372 e. The second kappa shape index (κ2) is 7.02. The molecule has 0 bridgehead atoms. The zero-order valence-electron chi connectivity index (χ0n) is 14.7. The zero-order valence-corrected chi connectivity index (χ0v) is 14.7. The first-order chi connectivity index (χ1) is 10.8. The summed E-state index contributed by atoms with van der Waals surface area (Å²) in [6.07, 6.45) is 0.690. The number of hydrogen-bond donors (Lipinski definition) is 2. The maximum absolute atomic E-state index is 12.7. The van der Waals surface area contributed by atoms with Gasteiger partial charge in [-0.2, -0.15) is 0 Å². The van der Waals surface area contributed by atoms with E-state index < -0.39 is 0 Å². The van der Waals surface area contributed by atoms with Crippen LogP contribution in [-0.4, -0.2) is 30.9 Å². The maximum atomic E-state index is 12.7. The molecule has 0 spiro atoms. The number of aryl methyl sites for hydroxylation is 2. The van der Waals surface area contributed by atoms with E-state index in [2.05, 4.69) is 16.7 Å². The Kier molecular flexibility index (Phi) is 5.29. The number of hydrogen-bond acceptors (Lipinski definition) is 3. The second-order valence-electron chi connectivity index (χ2n) is 6.68. The van der Waals surface area contributed by atoms with Crippen LogP contribution in [0.15, 0.2) is 12.1 Å². The molecule has 0 aromatic heterocycles. The summed E-state index contributed by atoms with van der Waals surface area (Å²) in [5.41, 5.74) is 4.00. The molecule has 2 rings (SSSR count). The van der Waals surface area contributed by atoms with Gasteiger partial charge in [-0.25, -0.2) is 0 Å². The minimum atomic E-state index is -0.275. The molecule has 1 heterocycles. The summed E-state index contributed by atoms with van der Waals surface area (Å²) in [4.78, 5) is 26.5. The number of fused-ring (bicyclic) bond motifs is 1. The highest BCUT2D eigenvalue weighted by Crippen LogP contribution is 2.34. The van der Waals surface area contributed by atoms with Crippen molar-refractivity contribution in [3.8, 4) is 0 Å². The summed E-state index contributed by atoms with van der Waals surface area (Å²) in [5.74, 6) is 0.231. The van der Waals surface area contributed by atoms with Gasteiger partial charge in [0.05, 0.1) is 11.4 Å². The highest BCUT2D eigenvalue weighted by atomic mass is 16.2. The average Bonchev–Trinajstić information content (AvgIpc) is 2.50. The van der Waals surface area contributed by atoms with Crippen molar-refractivity contribution >= 4 is 23.2 Å². The van der Waals surface area contributed by atoms with Crippen molar-refractivity contribution in [2.45, 2.75) is 47.1 Å². The van der Waals surface area contributed by atoms with Crippen molar-refractivity contribution in [2.75, 3.05) is 23.3 Å². The number of nitrogens with zero attached hydrogens (tertiary/aromatic N) is 1. The van der Waals surface area contributed by atoms with Gasteiger partial charge in [0.15, 0.2) is 0 Å². The molecule has 1 aliphatic heterocycles. The van der Waals surface area contributed by atoms with Crippen molar-refractivity contribution in [1.29, 1.82) is 0 Å². The number of rotatable bonds is 5. The molecular formula is C18H27N3O2. The fourth-order valence-corrected chi connectivity index (χ4v) is 2.65. The van der Waals surface area contributed by atoms with Crippen LogP contribution in [0.4, 0.5) is 11.4 Å². The van der Waals surface area contributed by atoms with Crippen LogP contribution in [-0.2, 0) is 9.59 Å². The average molecular weight is 317 g/mol. The number of nitrogens with one attached hydrogen (secondary N) is 2. The van der Waals surface area contributed by atoms with Crippen LogP contribution in [0.1, 0.15) is 38.3 Å². The lowest BCUT2D eigenvalue weighted by Crippen LogP contribution is -2.50. The Hall–Kier alpha value is -2.04. The van der Waals surface area contributed by atoms with E-state index in [-0.39, 0.29) is 24.4 Å². The molecule has 1 aromatic carbocycles. The van der Waals surface area contributed by atoms with E-state index >= 15 is 0 Å². The van der Waals surface area contributed by atoms with E-state index in [0.717, 1.165) is 16.9 Å². The van der Waals surface area contributed by atoms with Gasteiger partial charge in [-0.15, -0.1) is 0 Å². The van der Waals surface area contributed by atoms with Crippen LogP contribution in [0.5, 0.6) is 0 Å². The molecule has 5 heteroatoms. The lowest BCUT2D eigenvalue weighted by Gasteiger charge is -2.35. The van der Waals surface area contributed by atoms with Gasteiger partial charge in [0.25, 0.3) is 0 Å². The van der Waals surface area contributed by atoms with Gasteiger partial charge in [-0.3, -0.25) is 14.5 Å². The van der Waals surface area contributed by atoms with E-state index in [1.807, 2.05) is 40.7 Å². The first kappa shape index (κ1) is 17.3. The summed E-state index contributed by atoms with van der Waals surface area (Å²) in [5, 5.41) is 6.18. The maximum Gasteiger partial charge on any atom is 0.250 e. The van der Waals surface area contributed by atoms with Crippen molar-refractivity contribution < 1.29 is 9.59 Å². The van der Waals surface area contributed by atoms with Gasteiger partial charge in [-0.1, -0.05) is 20.8 Å². The predicted molar refractivity (Wildman–Crippen MR) is 93.8 cm³/mol. The van der Waals surface area contributed by atoms with Crippen molar-refractivity contribution in [1.82, 2.24) is 5.32 Å². The lowest BCUT2D eigenvalue weighted by atomic mass is 10.0. The van der Waals surface area contributed by atoms with Crippen molar-refractivity contribution in [2.24, 2.45) is 5.92 Å². The quantitative estimate of drug-likeness (QED) is 0.877. The third-order valence-electron chi connectivity index (χ3n) is 4.21. The predicted octanol–water partition coefficient (Wildman–Crippen LogP) is 2.61. The third-order valence-corrected chi connectivity index (χ3v) is 4.21. The Morgan fingerprint density at radius 2 is 1.96 bits per heavy atom. The fraction of sp³-hybridized carbons (Fsp3) is 0.556. The van der Waals surface area contributed by atoms with E-state index in [1.54, 1.807) is 4.90 Å². The SMILES string of the molecule is CCC1Nc2cc(C)c(C)cc2N(CC(=O)NCC(C)C)C1=O. The van der Waals surface area contributed by atoms with E-state index in [9.17, 15) is 9.59 Å². The molecule has 5 nitrogen and oxygen atoms in total. The van der Waals surface area contributed by atoms with Crippen molar-refractivity contribution in [3.63, 3.8) is 0 Å². The van der Waals surface area contributed by atoms with Gasteiger partial charge in [-0.05, 0) is 49.4 Å². The van der Waals surface area contributed by atoms with Crippen LogP contribution in [0, 0.1) is 19.8 Å². The minimum Gasteiger partial charge on any atom is -0.372 e. The lowest BCUT2D eigenvalue weighted by molar-refractivity contribution is -0.124. The molecule has 2 amide bonds. The molecule has 0 aliphatic carbocycles. The molecule has 1 aliphatic rings. The van der Waals surface area contributed by atoms with Gasteiger partial charge in [0.2, 0.25) is 11.8 Å². The molecule has 23 heavy (non-hydrogen) atoms. The first-order valence-electron chi connectivity index (χ1n) is 8.29. The number of carbonyl (C=O) groups excluding carboxylic acids is 2. The smallest absolute Gasteiger partial charge is 0.250 e. The fourth-order valence-electron chi connectivity index (χ4n) is 2.65.